The molecule has 1 rings (SSSR count). The van der Waals surface area contributed by atoms with Crippen LogP contribution in [0.2, 0.25) is 0 Å². The zero-order chi connectivity index (χ0) is 14.0. The average Bonchev–Trinajstić information content (AvgIpc) is 2.93. The number of unbranched alkanes of at least 4 members (excludes halogenated alkanes) is 1. The summed E-state index contributed by atoms with van der Waals surface area (Å²) in [6.45, 7) is 7.35. The molecule has 0 radical (unpaired) electrons. The highest BCUT2D eigenvalue weighted by atomic mass is 32.1. The van der Waals surface area contributed by atoms with E-state index in [1.54, 1.807) is 18.4 Å². The maximum atomic E-state index is 5.10. The summed E-state index contributed by atoms with van der Waals surface area (Å²) in [7, 11) is 1.75. The largest absolute Gasteiger partial charge is 0.383 e. The number of thiazole rings is 1. The van der Waals surface area contributed by atoms with E-state index in [2.05, 4.69) is 29.5 Å². The average molecular weight is 284 g/mol. The first-order chi connectivity index (χ1) is 9.26. The lowest BCUT2D eigenvalue weighted by Gasteiger charge is -2.32. The van der Waals surface area contributed by atoms with Gasteiger partial charge < -0.3 is 10.1 Å². The van der Waals surface area contributed by atoms with Gasteiger partial charge in [-0.1, -0.05) is 26.7 Å². The second kappa shape index (κ2) is 9.45. The Kier molecular flexibility index (Phi) is 8.26. The van der Waals surface area contributed by atoms with Crippen LogP contribution in [0.25, 0.3) is 0 Å². The van der Waals surface area contributed by atoms with Gasteiger partial charge >= 0.3 is 0 Å². The molecule has 0 bridgehead atoms. The molecule has 1 heterocycles. The Labute approximate surface area is 121 Å². The highest BCUT2D eigenvalue weighted by Gasteiger charge is 2.28. The van der Waals surface area contributed by atoms with Crippen LogP contribution >= 0.6 is 11.3 Å². The van der Waals surface area contributed by atoms with Gasteiger partial charge in [-0.05, 0) is 18.3 Å². The maximum Gasteiger partial charge on any atom is 0.0930 e. The third kappa shape index (κ3) is 6.02. The number of rotatable bonds is 11. The normalized spacial score (nSPS) is 14.5. The number of nitrogens with zero attached hydrogens (tertiary/aromatic N) is 1. The van der Waals surface area contributed by atoms with Crippen molar-refractivity contribution in [3.63, 3.8) is 0 Å². The van der Waals surface area contributed by atoms with Crippen LogP contribution in [0.5, 0.6) is 0 Å². The van der Waals surface area contributed by atoms with Crippen molar-refractivity contribution in [1.29, 1.82) is 0 Å². The van der Waals surface area contributed by atoms with Crippen LogP contribution < -0.4 is 5.32 Å². The van der Waals surface area contributed by atoms with Gasteiger partial charge in [-0.15, -0.1) is 11.3 Å². The quantitative estimate of drug-likeness (QED) is 0.631. The van der Waals surface area contributed by atoms with Gasteiger partial charge in [0.2, 0.25) is 0 Å². The fourth-order valence-electron chi connectivity index (χ4n) is 2.41. The second-order valence-electron chi connectivity index (χ2n) is 5.23. The Morgan fingerprint density at radius 3 is 2.84 bits per heavy atom. The molecule has 1 aromatic rings. The van der Waals surface area contributed by atoms with Gasteiger partial charge in [0.05, 0.1) is 11.6 Å². The van der Waals surface area contributed by atoms with Crippen LogP contribution in [0, 0.1) is 5.41 Å². The molecule has 0 aliphatic rings. The van der Waals surface area contributed by atoms with Gasteiger partial charge in [-0.25, -0.2) is 4.98 Å². The van der Waals surface area contributed by atoms with Crippen molar-refractivity contribution >= 4 is 11.3 Å². The van der Waals surface area contributed by atoms with Crippen LogP contribution in [-0.4, -0.2) is 31.8 Å². The monoisotopic (exact) mass is 284 g/mol. The molecule has 0 aromatic carbocycles. The molecule has 0 amide bonds. The van der Waals surface area contributed by atoms with E-state index in [0.29, 0.717) is 5.41 Å². The molecule has 0 aliphatic heterocycles. The lowest BCUT2D eigenvalue weighted by atomic mass is 9.77. The van der Waals surface area contributed by atoms with E-state index in [4.69, 9.17) is 4.74 Å². The molecule has 3 nitrogen and oxygen atoms in total. The Balaban J connectivity index is 2.58. The zero-order valence-electron chi connectivity index (χ0n) is 12.6. The first kappa shape index (κ1) is 16.6. The minimum atomic E-state index is 0.349. The smallest absolute Gasteiger partial charge is 0.0930 e. The third-order valence-electron chi connectivity index (χ3n) is 3.80. The fraction of sp³-hybridized carbons (Fsp3) is 0.800. The number of nitrogens with one attached hydrogen (secondary N) is 1. The van der Waals surface area contributed by atoms with Gasteiger partial charge in [0.1, 0.15) is 0 Å². The number of methoxy groups -OCH3 is 1. The summed E-state index contributed by atoms with van der Waals surface area (Å²) >= 11 is 1.78. The van der Waals surface area contributed by atoms with Gasteiger partial charge in [0.25, 0.3) is 0 Å². The SMILES string of the molecule is CCCCC(CC)(CNCCOC)Cc1nccs1. The second-order valence-corrected chi connectivity index (χ2v) is 6.21. The van der Waals surface area contributed by atoms with Gasteiger partial charge in [0.15, 0.2) is 0 Å². The van der Waals surface area contributed by atoms with E-state index in [0.717, 1.165) is 26.1 Å². The molecular weight excluding hydrogens is 256 g/mol. The van der Waals surface area contributed by atoms with Crippen molar-refractivity contribution in [2.24, 2.45) is 5.41 Å². The van der Waals surface area contributed by atoms with Crippen molar-refractivity contribution in [1.82, 2.24) is 10.3 Å². The van der Waals surface area contributed by atoms with E-state index in [1.165, 1.54) is 30.7 Å². The summed E-state index contributed by atoms with van der Waals surface area (Å²) in [6, 6.07) is 0. The molecule has 19 heavy (non-hydrogen) atoms. The van der Waals surface area contributed by atoms with Crippen LogP contribution in [0.15, 0.2) is 11.6 Å². The van der Waals surface area contributed by atoms with Crippen LogP contribution in [0.4, 0.5) is 0 Å². The first-order valence-electron chi connectivity index (χ1n) is 7.34. The zero-order valence-corrected chi connectivity index (χ0v) is 13.4. The molecular formula is C15H28N2OS. The summed E-state index contributed by atoms with van der Waals surface area (Å²) < 4.78 is 5.10. The lowest BCUT2D eigenvalue weighted by molar-refractivity contribution is 0.182. The maximum absolute atomic E-state index is 5.10. The summed E-state index contributed by atoms with van der Waals surface area (Å²) in [5, 5.41) is 6.90. The summed E-state index contributed by atoms with van der Waals surface area (Å²) in [5.41, 5.74) is 0.349. The first-order valence-corrected chi connectivity index (χ1v) is 8.22. The molecule has 1 unspecified atom stereocenters. The highest BCUT2D eigenvalue weighted by Crippen LogP contribution is 2.33. The number of aromatic nitrogens is 1. The van der Waals surface area contributed by atoms with E-state index in [9.17, 15) is 0 Å². The van der Waals surface area contributed by atoms with Gasteiger partial charge in [0, 0.05) is 38.2 Å². The molecule has 1 atom stereocenters. The van der Waals surface area contributed by atoms with E-state index in [-0.39, 0.29) is 0 Å². The van der Waals surface area contributed by atoms with E-state index in [1.807, 2.05) is 6.20 Å². The van der Waals surface area contributed by atoms with Crippen molar-refractivity contribution < 1.29 is 4.74 Å². The highest BCUT2D eigenvalue weighted by molar-refractivity contribution is 7.09. The molecule has 4 heteroatoms. The van der Waals surface area contributed by atoms with E-state index >= 15 is 0 Å². The predicted molar refractivity (Wildman–Crippen MR) is 82.8 cm³/mol. The molecule has 0 saturated heterocycles. The molecule has 110 valence electrons. The number of ether oxygens (including phenoxy) is 1. The Hall–Kier alpha value is -0.450. The van der Waals surface area contributed by atoms with Crippen molar-refractivity contribution in [2.75, 3.05) is 26.8 Å². The van der Waals surface area contributed by atoms with Gasteiger partial charge in [-0.3, -0.25) is 0 Å². The summed E-state index contributed by atoms with van der Waals surface area (Å²) in [6.07, 6.45) is 8.05. The Morgan fingerprint density at radius 1 is 1.42 bits per heavy atom. The van der Waals surface area contributed by atoms with E-state index < -0.39 is 0 Å². The summed E-state index contributed by atoms with van der Waals surface area (Å²) in [4.78, 5) is 4.47. The van der Waals surface area contributed by atoms with Crippen molar-refractivity contribution in [2.45, 2.75) is 46.0 Å². The Morgan fingerprint density at radius 2 is 2.26 bits per heavy atom. The van der Waals surface area contributed by atoms with Crippen LogP contribution in [0.3, 0.4) is 0 Å². The molecule has 1 N–H and O–H groups in total. The minimum absolute atomic E-state index is 0.349. The number of hydrogen-bond acceptors (Lipinski definition) is 4. The number of hydrogen-bond donors (Lipinski definition) is 1. The fourth-order valence-corrected chi connectivity index (χ4v) is 3.20. The van der Waals surface area contributed by atoms with Crippen LogP contribution in [-0.2, 0) is 11.2 Å². The molecule has 0 fully saturated rings. The predicted octanol–water partition coefficient (Wildman–Crippen LogP) is 3.51. The minimum Gasteiger partial charge on any atom is -0.383 e. The van der Waals surface area contributed by atoms with Gasteiger partial charge in [-0.2, -0.15) is 0 Å². The Bertz CT molecular complexity index is 316. The van der Waals surface area contributed by atoms with Crippen molar-refractivity contribution in [3.8, 4) is 0 Å². The molecule has 0 saturated carbocycles. The van der Waals surface area contributed by atoms with Crippen molar-refractivity contribution in [3.05, 3.63) is 16.6 Å². The molecule has 1 aromatic heterocycles. The third-order valence-corrected chi connectivity index (χ3v) is 4.58. The standard InChI is InChI=1S/C15H28N2OS/c1-4-6-7-15(5-2,13-16-8-10-18-3)12-14-17-9-11-19-14/h9,11,16H,4-8,10,12-13H2,1-3H3. The van der Waals surface area contributed by atoms with Crippen LogP contribution in [0.1, 0.15) is 44.5 Å². The summed E-state index contributed by atoms with van der Waals surface area (Å²) in [5.74, 6) is 0. The molecule has 0 aliphatic carbocycles. The topological polar surface area (TPSA) is 34.1 Å². The molecule has 0 spiro atoms. The lowest BCUT2D eigenvalue weighted by Crippen LogP contribution is -2.37.